The van der Waals surface area contributed by atoms with Gasteiger partial charge < -0.3 is 19.8 Å². The molecule has 0 saturated heterocycles. The van der Waals surface area contributed by atoms with E-state index in [4.69, 9.17) is 4.74 Å². The van der Waals surface area contributed by atoms with Crippen LogP contribution in [0.1, 0.15) is 10.5 Å². The average Bonchev–Trinajstić information content (AvgIpc) is 2.88. The number of aromatic amines is 1. The van der Waals surface area contributed by atoms with Gasteiger partial charge in [-0.25, -0.2) is 0 Å². The van der Waals surface area contributed by atoms with Crippen LogP contribution >= 0.6 is 0 Å². The Morgan fingerprint density at radius 3 is 2.79 bits per heavy atom. The van der Waals surface area contributed by atoms with E-state index in [1.54, 1.807) is 13.2 Å². The van der Waals surface area contributed by atoms with Crippen molar-refractivity contribution in [3.05, 3.63) is 30.0 Å². The number of carbonyl (C=O) groups excluding carboxylic acids is 2. The number of hydrogen-bond acceptors (Lipinski definition) is 4. The Bertz CT molecular complexity index is 618. The maximum Gasteiger partial charge on any atom is 0.325 e. The number of fused-ring (bicyclic) bond motifs is 1. The summed E-state index contributed by atoms with van der Waals surface area (Å²) in [5, 5.41) is 3.28. The van der Waals surface area contributed by atoms with Gasteiger partial charge >= 0.3 is 5.97 Å². The van der Waals surface area contributed by atoms with Gasteiger partial charge in [0.15, 0.2) is 0 Å². The van der Waals surface area contributed by atoms with Crippen LogP contribution in [0, 0.1) is 0 Å². The minimum absolute atomic E-state index is 0.165. The zero-order valence-corrected chi connectivity index (χ0v) is 10.6. The third-order valence-corrected chi connectivity index (χ3v) is 2.71. The normalized spacial score (nSPS) is 10.2. The molecule has 0 bridgehead atoms. The lowest BCUT2D eigenvalue weighted by Crippen LogP contribution is -2.30. The van der Waals surface area contributed by atoms with Crippen molar-refractivity contribution < 1.29 is 19.1 Å². The Hall–Kier alpha value is -2.50. The van der Waals surface area contributed by atoms with Crippen LogP contribution in [0.3, 0.4) is 0 Å². The van der Waals surface area contributed by atoms with Crippen LogP contribution in [-0.4, -0.2) is 37.6 Å². The fourth-order valence-electron chi connectivity index (χ4n) is 1.75. The fourth-order valence-corrected chi connectivity index (χ4v) is 1.75. The van der Waals surface area contributed by atoms with Crippen LogP contribution in [0.25, 0.3) is 10.9 Å². The number of nitrogens with one attached hydrogen (secondary N) is 2. The minimum Gasteiger partial charge on any atom is -0.496 e. The van der Waals surface area contributed by atoms with E-state index in [1.807, 2.05) is 18.2 Å². The van der Waals surface area contributed by atoms with Crippen LogP contribution in [0.2, 0.25) is 0 Å². The third-order valence-electron chi connectivity index (χ3n) is 2.71. The number of amides is 1. The molecule has 1 aromatic carbocycles. The first-order chi connectivity index (χ1) is 9.15. The van der Waals surface area contributed by atoms with E-state index in [9.17, 15) is 9.59 Å². The monoisotopic (exact) mass is 262 g/mol. The van der Waals surface area contributed by atoms with E-state index in [0.29, 0.717) is 11.4 Å². The van der Waals surface area contributed by atoms with Gasteiger partial charge in [0, 0.05) is 10.9 Å². The van der Waals surface area contributed by atoms with Crippen LogP contribution in [0.15, 0.2) is 24.3 Å². The molecule has 0 atom stereocenters. The molecule has 0 fully saturated rings. The molecule has 2 N–H and O–H groups in total. The second-order valence-electron chi connectivity index (χ2n) is 3.86. The van der Waals surface area contributed by atoms with Crippen molar-refractivity contribution in [3.8, 4) is 5.75 Å². The summed E-state index contributed by atoms with van der Waals surface area (Å²) in [5.41, 5.74) is 1.16. The van der Waals surface area contributed by atoms with Crippen LogP contribution in [0.4, 0.5) is 0 Å². The van der Waals surface area contributed by atoms with E-state index in [-0.39, 0.29) is 12.5 Å². The molecule has 6 nitrogen and oxygen atoms in total. The highest BCUT2D eigenvalue weighted by Gasteiger charge is 2.12. The van der Waals surface area contributed by atoms with E-state index in [0.717, 1.165) is 10.9 Å². The zero-order chi connectivity index (χ0) is 13.8. The number of rotatable bonds is 4. The number of carbonyl (C=O) groups is 2. The summed E-state index contributed by atoms with van der Waals surface area (Å²) in [4.78, 5) is 25.8. The smallest absolute Gasteiger partial charge is 0.325 e. The number of H-pyrrole nitrogens is 1. The summed E-state index contributed by atoms with van der Waals surface area (Å²) in [6, 6.07) is 7.16. The standard InChI is InChI=1S/C13H14N2O4/c1-18-11-5-3-4-9-8(11)6-10(15-9)13(17)14-7-12(16)19-2/h3-6,15H,7H2,1-2H3,(H,14,17). The van der Waals surface area contributed by atoms with Gasteiger partial charge in [-0.1, -0.05) is 6.07 Å². The lowest BCUT2D eigenvalue weighted by Gasteiger charge is -2.01. The van der Waals surface area contributed by atoms with Gasteiger partial charge in [0.25, 0.3) is 5.91 Å². The molecule has 2 rings (SSSR count). The highest BCUT2D eigenvalue weighted by Crippen LogP contribution is 2.25. The highest BCUT2D eigenvalue weighted by atomic mass is 16.5. The maximum atomic E-state index is 11.8. The number of esters is 1. The lowest BCUT2D eigenvalue weighted by atomic mass is 10.2. The summed E-state index contributed by atoms with van der Waals surface area (Å²) < 4.78 is 9.66. The molecule has 1 heterocycles. The number of benzene rings is 1. The van der Waals surface area contributed by atoms with Crippen molar-refractivity contribution in [1.82, 2.24) is 10.3 Å². The van der Waals surface area contributed by atoms with E-state index in [2.05, 4.69) is 15.0 Å². The Balaban J connectivity index is 2.21. The molecular formula is C13H14N2O4. The van der Waals surface area contributed by atoms with Gasteiger partial charge in [-0.3, -0.25) is 9.59 Å². The van der Waals surface area contributed by atoms with Gasteiger partial charge in [0.2, 0.25) is 0 Å². The molecule has 1 amide bonds. The molecule has 0 radical (unpaired) electrons. The fraction of sp³-hybridized carbons (Fsp3) is 0.231. The van der Waals surface area contributed by atoms with Gasteiger partial charge in [0.1, 0.15) is 18.0 Å². The second kappa shape index (κ2) is 5.43. The molecule has 1 aromatic heterocycles. The Morgan fingerprint density at radius 2 is 2.11 bits per heavy atom. The van der Waals surface area contributed by atoms with Crippen molar-refractivity contribution in [2.45, 2.75) is 0 Å². The van der Waals surface area contributed by atoms with Gasteiger partial charge in [-0.05, 0) is 18.2 Å². The second-order valence-corrected chi connectivity index (χ2v) is 3.86. The van der Waals surface area contributed by atoms with E-state index < -0.39 is 5.97 Å². The van der Waals surface area contributed by atoms with E-state index in [1.165, 1.54) is 7.11 Å². The molecule has 6 heteroatoms. The molecule has 19 heavy (non-hydrogen) atoms. The zero-order valence-electron chi connectivity index (χ0n) is 10.6. The number of ether oxygens (including phenoxy) is 2. The predicted molar refractivity (Wildman–Crippen MR) is 69.2 cm³/mol. The molecule has 0 spiro atoms. The van der Waals surface area contributed by atoms with Gasteiger partial charge in [0.05, 0.1) is 14.2 Å². The first-order valence-corrected chi connectivity index (χ1v) is 5.66. The third kappa shape index (κ3) is 2.67. The average molecular weight is 262 g/mol. The van der Waals surface area contributed by atoms with E-state index >= 15 is 0 Å². The molecular weight excluding hydrogens is 248 g/mol. The SMILES string of the molecule is COC(=O)CNC(=O)c1cc2c(OC)cccc2[nH]1. The topological polar surface area (TPSA) is 80.4 Å². The molecule has 2 aromatic rings. The number of methoxy groups -OCH3 is 2. The summed E-state index contributed by atoms with van der Waals surface area (Å²) in [6.45, 7) is -0.165. The van der Waals surface area contributed by atoms with Crippen molar-refractivity contribution in [1.29, 1.82) is 0 Å². The highest BCUT2D eigenvalue weighted by molar-refractivity contribution is 6.00. The molecule has 0 saturated carbocycles. The van der Waals surface area contributed by atoms with Crippen molar-refractivity contribution in [2.24, 2.45) is 0 Å². The first-order valence-electron chi connectivity index (χ1n) is 5.66. The molecule has 0 aliphatic carbocycles. The summed E-state index contributed by atoms with van der Waals surface area (Å²) >= 11 is 0. The maximum absolute atomic E-state index is 11.8. The van der Waals surface area contributed by atoms with Crippen LogP contribution in [-0.2, 0) is 9.53 Å². The quantitative estimate of drug-likeness (QED) is 0.808. The van der Waals surface area contributed by atoms with Gasteiger partial charge in [-0.2, -0.15) is 0 Å². The van der Waals surface area contributed by atoms with Crippen LogP contribution in [0.5, 0.6) is 5.75 Å². The van der Waals surface area contributed by atoms with Gasteiger partial charge in [-0.15, -0.1) is 0 Å². The largest absolute Gasteiger partial charge is 0.496 e. The minimum atomic E-state index is -0.498. The first kappa shape index (κ1) is 12.9. The lowest BCUT2D eigenvalue weighted by molar-refractivity contribution is -0.139. The Labute approximate surface area is 109 Å². The summed E-state index contributed by atoms with van der Waals surface area (Å²) in [5.74, 6) is -0.188. The van der Waals surface area contributed by atoms with Crippen molar-refractivity contribution >= 4 is 22.8 Å². The molecule has 100 valence electrons. The van der Waals surface area contributed by atoms with Crippen molar-refractivity contribution in [3.63, 3.8) is 0 Å². The summed E-state index contributed by atoms with van der Waals surface area (Å²) in [7, 11) is 2.83. The number of hydrogen-bond donors (Lipinski definition) is 2. The Morgan fingerprint density at radius 1 is 1.32 bits per heavy atom. The van der Waals surface area contributed by atoms with Crippen molar-refractivity contribution in [2.75, 3.05) is 20.8 Å². The molecule has 0 unspecified atom stereocenters. The molecule has 0 aliphatic heterocycles. The van der Waals surface area contributed by atoms with Crippen LogP contribution < -0.4 is 10.1 Å². The molecule has 0 aliphatic rings. The predicted octanol–water partition coefficient (Wildman–Crippen LogP) is 1.08. The summed E-state index contributed by atoms with van der Waals surface area (Å²) in [6.07, 6.45) is 0. The number of aromatic nitrogens is 1. The Kier molecular flexibility index (Phi) is 3.70.